The van der Waals surface area contributed by atoms with E-state index in [1.807, 2.05) is 37.3 Å². The Hall–Kier alpha value is -3.38. The highest BCUT2D eigenvalue weighted by Crippen LogP contribution is 2.33. The summed E-state index contributed by atoms with van der Waals surface area (Å²) >= 11 is 0. The fourth-order valence-electron chi connectivity index (χ4n) is 6.86. The van der Waals surface area contributed by atoms with Crippen LogP contribution in [0.25, 0.3) is 0 Å². The zero-order chi connectivity index (χ0) is 37.8. The molecule has 0 spiro atoms. The predicted molar refractivity (Wildman–Crippen MR) is 200 cm³/mol. The van der Waals surface area contributed by atoms with Gasteiger partial charge in [-0.25, -0.2) is 13.4 Å². The van der Waals surface area contributed by atoms with Crippen molar-refractivity contribution in [1.82, 2.24) is 20.6 Å². The van der Waals surface area contributed by atoms with Crippen LogP contribution in [-0.4, -0.2) is 70.4 Å². The fourth-order valence-corrected chi connectivity index (χ4v) is 8.15. The Kier molecular flexibility index (Phi) is 15.6. The largest absolute Gasteiger partial charge is 0.354 e. The van der Waals surface area contributed by atoms with Crippen molar-refractivity contribution in [1.29, 1.82) is 0 Å². The highest BCUT2D eigenvalue weighted by molar-refractivity contribution is 7.92. The number of nitrogens with zero attached hydrogens (tertiary/aromatic N) is 1. The maximum Gasteiger partial charge on any atom is 0.241 e. The van der Waals surface area contributed by atoms with Crippen molar-refractivity contribution < 1.29 is 27.6 Å². The number of unbranched alkanes of at least 4 members (excludes halogenated alkanes) is 1. The molecule has 0 unspecified atom stereocenters. The topological polar surface area (TPSA) is 181 Å². The van der Waals surface area contributed by atoms with E-state index in [2.05, 4.69) is 20.6 Å². The standard InChI is InChI=1S/C39H61N5O6S/c1-7-8-21-42-37(48)39(40,27(2)3)34(33(45)20-19-28-15-11-9-12-16-28)35(46)32(23-31-24-41-26-43-31)44-36(47)30(22-29-17-13-10-14-18-29)25-51(49,50)38(4,5)6/h10,13-14,17-18,24,26-28,30,32,34H,7-9,11-12,15-16,19-23,25,40H2,1-6H3,(H,41,43)(H,42,48)(H,44,47)/t30-,32+,34+,39+/m1/s1. The molecule has 5 N–H and O–H groups in total. The highest BCUT2D eigenvalue weighted by atomic mass is 32.2. The van der Waals surface area contributed by atoms with Gasteiger partial charge in [-0.2, -0.15) is 0 Å². The van der Waals surface area contributed by atoms with Gasteiger partial charge in [-0.15, -0.1) is 0 Å². The van der Waals surface area contributed by atoms with Crippen LogP contribution in [0.1, 0.15) is 111 Å². The SMILES string of the molecule is CCCCNC(=O)[C@](N)(C(C)C)[C@@H](C(=O)CCC1CCCCC1)C(=O)[C@H](Cc1cnc[nH]1)NC(=O)[C@H](Cc1ccccc1)CS(=O)(=O)C(C)(C)C. The Balaban J connectivity index is 2.06. The summed E-state index contributed by atoms with van der Waals surface area (Å²) in [7, 11) is -3.76. The number of hydrogen-bond acceptors (Lipinski definition) is 8. The number of carbonyl (C=O) groups excluding carboxylic acids is 4. The monoisotopic (exact) mass is 727 g/mol. The quantitative estimate of drug-likeness (QED) is 0.110. The first-order chi connectivity index (χ1) is 24.0. The Morgan fingerprint density at radius 1 is 1.02 bits per heavy atom. The van der Waals surface area contributed by atoms with Gasteiger partial charge in [-0.05, 0) is 57.4 Å². The lowest BCUT2D eigenvalue weighted by Crippen LogP contribution is -2.68. The van der Waals surface area contributed by atoms with Crippen molar-refractivity contribution >= 4 is 33.2 Å². The summed E-state index contributed by atoms with van der Waals surface area (Å²) in [6, 6.07) is 7.80. The molecular formula is C39H61N5O6S. The number of nitrogens with one attached hydrogen (secondary N) is 3. The lowest BCUT2D eigenvalue weighted by atomic mass is 9.68. The zero-order valence-corrected chi connectivity index (χ0v) is 32.3. The Labute approximate surface area is 305 Å². The summed E-state index contributed by atoms with van der Waals surface area (Å²) in [4.78, 5) is 64.6. The van der Waals surface area contributed by atoms with Crippen LogP contribution in [0.2, 0.25) is 0 Å². The molecule has 12 heteroatoms. The van der Waals surface area contributed by atoms with Gasteiger partial charge in [-0.1, -0.05) is 89.6 Å². The Bertz CT molecular complexity index is 1530. The molecule has 51 heavy (non-hydrogen) atoms. The van der Waals surface area contributed by atoms with Crippen LogP contribution in [0, 0.1) is 23.7 Å². The first kappa shape index (κ1) is 42.0. The van der Waals surface area contributed by atoms with Crippen LogP contribution < -0.4 is 16.4 Å². The van der Waals surface area contributed by atoms with Gasteiger partial charge in [-0.3, -0.25) is 19.2 Å². The highest BCUT2D eigenvalue weighted by Gasteiger charge is 2.53. The smallest absolute Gasteiger partial charge is 0.241 e. The minimum absolute atomic E-state index is 0.0628. The number of H-pyrrole nitrogens is 1. The molecule has 0 bridgehead atoms. The second-order valence-electron chi connectivity index (χ2n) is 15.7. The third-order valence-electron chi connectivity index (χ3n) is 10.5. The minimum Gasteiger partial charge on any atom is -0.354 e. The van der Waals surface area contributed by atoms with Gasteiger partial charge in [0.05, 0.1) is 28.8 Å². The van der Waals surface area contributed by atoms with Crippen molar-refractivity contribution in [3.8, 4) is 0 Å². The van der Waals surface area contributed by atoms with Crippen LogP contribution in [0.4, 0.5) is 0 Å². The van der Waals surface area contributed by atoms with Gasteiger partial charge < -0.3 is 21.4 Å². The molecule has 1 saturated carbocycles. The second-order valence-corrected chi connectivity index (χ2v) is 18.5. The third-order valence-corrected chi connectivity index (χ3v) is 13.2. The van der Waals surface area contributed by atoms with Crippen LogP contribution in [-0.2, 0) is 41.9 Å². The lowest BCUT2D eigenvalue weighted by Gasteiger charge is -2.39. The van der Waals surface area contributed by atoms with Gasteiger partial charge >= 0.3 is 0 Å². The van der Waals surface area contributed by atoms with E-state index < -0.39 is 73.1 Å². The van der Waals surface area contributed by atoms with Gasteiger partial charge in [0.1, 0.15) is 17.2 Å². The van der Waals surface area contributed by atoms with E-state index in [0.29, 0.717) is 31.0 Å². The molecule has 0 radical (unpaired) electrons. The molecule has 1 fully saturated rings. The van der Waals surface area contributed by atoms with E-state index in [-0.39, 0.29) is 19.3 Å². The number of rotatable bonds is 20. The van der Waals surface area contributed by atoms with E-state index in [1.54, 1.807) is 34.6 Å². The summed E-state index contributed by atoms with van der Waals surface area (Å²) < 4.78 is 25.8. The first-order valence-corrected chi connectivity index (χ1v) is 20.3. The molecule has 11 nitrogen and oxygen atoms in total. The molecule has 4 atom stereocenters. The maximum absolute atomic E-state index is 15.0. The van der Waals surface area contributed by atoms with Crippen LogP contribution in [0.15, 0.2) is 42.9 Å². The number of ketones is 2. The predicted octanol–water partition coefficient (Wildman–Crippen LogP) is 4.89. The van der Waals surface area contributed by atoms with E-state index in [4.69, 9.17) is 5.73 Å². The van der Waals surface area contributed by atoms with E-state index >= 15 is 0 Å². The summed E-state index contributed by atoms with van der Waals surface area (Å²) in [5.74, 6) is -5.62. The van der Waals surface area contributed by atoms with Gasteiger partial charge in [0.2, 0.25) is 11.8 Å². The molecule has 2 aromatic rings. The minimum atomic E-state index is -3.76. The number of sulfone groups is 1. The van der Waals surface area contributed by atoms with Gasteiger partial charge in [0, 0.05) is 31.3 Å². The van der Waals surface area contributed by atoms with Crippen molar-refractivity contribution in [2.24, 2.45) is 29.4 Å². The molecule has 0 saturated heterocycles. The summed E-state index contributed by atoms with van der Waals surface area (Å²) in [5, 5.41) is 5.73. The van der Waals surface area contributed by atoms with E-state index in [9.17, 15) is 27.6 Å². The molecule has 3 rings (SSSR count). The van der Waals surface area contributed by atoms with Crippen molar-refractivity contribution in [3.63, 3.8) is 0 Å². The van der Waals surface area contributed by atoms with Crippen LogP contribution in [0.5, 0.6) is 0 Å². The molecule has 1 aliphatic rings. The molecular weight excluding hydrogens is 667 g/mol. The summed E-state index contributed by atoms with van der Waals surface area (Å²) in [6.45, 7) is 10.6. The Morgan fingerprint density at radius 2 is 1.69 bits per heavy atom. The molecule has 284 valence electrons. The van der Waals surface area contributed by atoms with E-state index in [1.165, 1.54) is 18.9 Å². The average molecular weight is 728 g/mol. The number of hydrogen-bond donors (Lipinski definition) is 4. The fraction of sp³-hybridized carbons (Fsp3) is 0.667. The molecule has 1 heterocycles. The number of nitrogens with two attached hydrogens (primary N) is 1. The lowest BCUT2D eigenvalue weighted by molar-refractivity contribution is -0.146. The number of amides is 2. The molecule has 1 aromatic heterocycles. The van der Waals surface area contributed by atoms with Crippen LogP contribution >= 0.6 is 0 Å². The molecule has 1 aliphatic carbocycles. The van der Waals surface area contributed by atoms with Gasteiger partial charge in [0.25, 0.3) is 0 Å². The molecule has 0 aliphatic heterocycles. The average Bonchev–Trinajstić information content (AvgIpc) is 3.60. The van der Waals surface area contributed by atoms with Crippen molar-refractivity contribution in [3.05, 3.63) is 54.1 Å². The third kappa shape index (κ3) is 11.6. The summed E-state index contributed by atoms with van der Waals surface area (Å²) in [6.07, 6.45) is 10.6. The second kappa shape index (κ2) is 18.9. The zero-order valence-electron chi connectivity index (χ0n) is 31.5. The number of carbonyl (C=O) groups is 4. The number of aromatic nitrogens is 2. The summed E-state index contributed by atoms with van der Waals surface area (Å²) in [5.41, 5.74) is 6.37. The first-order valence-electron chi connectivity index (χ1n) is 18.7. The Morgan fingerprint density at radius 3 is 2.25 bits per heavy atom. The molecule has 1 aromatic carbocycles. The molecule has 2 amide bonds. The maximum atomic E-state index is 15.0. The van der Waals surface area contributed by atoms with E-state index in [0.717, 1.165) is 37.7 Å². The van der Waals surface area contributed by atoms with Crippen molar-refractivity contribution in [2.75, 3.05) is 12.3 Å². The number of Topliss-reactive ketones (excluding diaryl/α,β-unsaturated/α-hetero) is 2. The number of benzene rings is 1. The van der Waals surface area contributed by atoms with Crippen LogP contribution in [0.3, 0.4) is 0 Å². The number of aromatic amines is 1. The van der Waals surface area contributed by atoms with Gasteiger partial charge in [0.15, 0.2) is 15.6 Å². The number of imidazole rings is 1. The van der Waals surface area contributed by atoms with Crippen molar-refractivity contribution in [2.45, 2.75) is 128 Å². The normalized spacial score (nSPS) is 17.3.